The molecule has 0 spiro atoms. The first kappa shape index (κ1) is 13.3. The van der Waals surface area contributed by atoms with Crippen LogP contribution in [0.2, 0.25) is 10.0 Å². The molecule has 0 unspecified atom stereocenters. The zero-order chi connectivity index (χ0) is 12.0. The van der Waals surface area contributed by atoms with Gasteiger partial charge in [0, 0.05) is 35.9 Å². The van der Waals surface area contributed by atoms with Gasteiger partial charge in [0.1, 0.15) is 0 Å². The van der Waals surface area contributed by atoms with Crippen molar-refractivity contribution in [3.05, 3.63) is 33.8 Å². The van der Waals surface area contributed by atoms with Crippen LogP contribution < -0.4 is 5.32 Å². The Morgan fingerprint density at radius 2 is 1.94 bits per heavy atom. The Bertz CT molecular complexity index is 349. The Morgan fingerprint density at radius 1 is 1.31 bits per heavy atom. The van der Waals surface area contributed by atoms with Crippen LogP contribution in [0.15, 0.2) is 18.2 Å². The van der Waals surface area contributed by atoms with Crippen LogP contribution in [0.3, 0.4) is 0 Å². The fraction of sp³-hybridized carbons (Fsp3) is 0.364. The minimum atomic E-state index is -0.180. The van der Waals surface area contributed by atoms with E-state index in [9.17, 15) is 4.79 Å². The van der Waals surface area contributed by atoms with E-state index in [0.29, 0.717) is 28.8 Å². The molecule has 1 N–H and O–H groups in total. The highest BCUT2D eigenvalue weighted by Crippen LogP contribution is 2.18. The van der Waals surface area contributed by atoms with Gasteiger partial charge in [0.15, 0.2) is 0 Å². The van der Waals surface area contributed by atoms with Gasteiger partial charge in [-0.05, 0) is 24.6 Å². The van der Waals surface area contributed by atoms with Gasteiger partial charge in [0.05, 0.1) is 0 Å². The van der Waals surface area contributed by atoms with Crippen LogP contribution in [-0.4, -0.2) is 26.2 Å². The van der Waals surface area contributed by atoms with Gasteiger partial charge >= 0.3 is 0 Å². The van der Waals surface area contributed by atoms with Crippen LogP contribution in [0.25, 0.3) is 0 Å². The lowest BCUT2D eigenvalue weighted by Crippen LogP contribution is -2.25. The van der Waals surface area contributed by atoms with Crippen molar-refractivity contribution in [3.63, 3.8) is 0 Å². The normalized spacial score (nSPS) is 10.2. The first-order chi connectivity index (χ1) is 7.63. The third-order valence-electron chi connectivity index (χ3n) is 1.94. The highest BCUT2D eigenvalue weighted by atomic mass is 35.5. The number of benzene rings is 1. The minimum absolute atomic E-state index is 0.180. The molecule has 0 aliphatic rings. The monoisotopic (exact) mass is 261 g/mol. The van der Waals surface area contributed by atoms with E-state index in [1.807, 2.05) is 0 Å². The van der Waals surface area contributed by atoms with Crippen molar-refractivity contribution < 1.29 is 9.53 Å². The number of halogens is 2. The molecule has 1 amide bonds. The van der Waals surface area contributed by atoms with Crippen LogP contribution in [0.1, 0.15) is 16.8 Å². The van der Waals surface area contributed by atoms with Crippen molar-refractivity contribution in [1.29, 1.82) is 0 Å². The molecular formula is C11H13Cl2NO2. The third-order valence-corrected chi connectivity index (χ3v) is 2.37. The molecule has 0 aliphatic carbocycles. The lowest BCUT2D eigenvalue weighted by Gasteiger charge is -2.05. The standard InChI is InChI=1S/C11H13Cl2NO2/c1-16-4-2-3-14-11(15)8-5-9(12)7-10(13)6-8/h5-7H,2-4H2,1H3,(H,14,15). The molecule has 1 rings (SSSR count). The molecule has 0 fully saturated rings. The second-order valence-corrected chi connectivity index (χ2v) is 4.13. The summed E-state index contributed by atoms with van der Waals surface area (Å²) < 4.78 is 4.87. The zero-order valence-corrected chi connectivity index (χ0v) is 10.4. The van der Waals surface area contributed by atoms with Gasteiger partial charge in [0.2, 0.25) is 0 Å². The molecule has 0 aromatic heterocycles. The average Bonchev–Trinajstić information content (AvgIpc) is 2.22. The van der Waals surface area contributed by atoms with Crippen molar-refractivity contribution in [1.82, 2.24) is 5.32 Å². The highest BCUT2D eigenvalue weighted by Gasteiger charge is 2.06. The van der Waals surface area contributed by atoms with Crippen LogP contribution in [-0.2, 0) is 4.74 Å². The van der Waals surface area contributed by atoms with E-state index in [1.165, 1.54) is 0 Å². The molecule has 0 saturated carbocycles. The van der Waals surface area contributed by atoms with E-state index in [1.54, 1.807) is 25.3 Å². The summed E-state index contributed by atoms with van der Waals surface area (Å²) in [5.74, 6) is -0.180. The number of methoxy groups -OCH3 is 1. The van der Waals surface area contributed by atoms with Gasteiger partial charge in [-0.1, -0.05) is 23.2 Å². The van der Waals surface area contributed by atoms with Crippen LogP contribution >= 0.6 is 23.2 Å². The van der Waals surface area contributed by atoms with Gasteiger partial charge in [-0.3, -0.25) is 4.79 Å². The van der Waals surface area contributed by atoms with E-state index in [0.717, 1.165) is 6.42 Å². The quantitative estimate of drug-likeness (QED) is 0.828. The number of ether oxygens (including phenoxy) is 1. The topological polar surface area (TPSA) is 38.3 Å². The zero-order valence-electron chi connectivity index (χ0n) is 8.93. The SMILES string of the molecule is COCCCNC(=O)c1cc(Cl)cc(Cl)c1. The van der Waals surface area contributed by atoms with E-state index >= 15 is 0 Å². The molecule has 0 heterocycles. The van der Waals surface area contributed by atoms with Crippen molar-refractivity contribution in [2.24, 2.45) is 0 Å². The number of carbonyl (C=O) groups excluding carboxylic acids is 1. The molecular weight excluding hydrogens is 249 g/mol. The van der Waals surface area contributed by atoms with E-state index < -0.39 is 0 Å². The molecule has 0 atom stereocenters. The summed E-state index contributed by atoms with van der Waals surface area (Å²) in [7, 11) is 1.62. The Kier molecular flexibility index (Phi) is 5.60. The van der Waals surface area contributed by atoms with Crippen LogP contribution in [0.5, 0.6) is 0 Å². The fourth-order valence-electron chi connectivity index (χ4n) is 1.21. The summed E-state index contributed by atoms with van der Waals surface area (Å²) >= 11 is 11.6. The number of amides is 1. The van der Waals surface area contributed by atoms with Gasteiger partial charge < -0.3 is 10.1 Å². The number of hydrogen-bond acceptors (Lipinski definition) is 2. The highest BCUT2D eigenvalue weighted by molar-refractivity contribution is 6.35. The Balaban J connectivity index is 2.52. The summed E-state index contributed by atoms with van der Waals surface area (Å²) in [5, 5.41) is 3.66. The van der Waals surface area contributed by atoms with Gasteiger partial charge in [-0.25, -0.2) is 0 Å². The van der Waals surface area contributed by atoms with Gasteiger partial charge in [-0.2, -0.15) is 0 Å². The summed E-state index contributed by atoms with van der Waals surface area (Å²) in [4.78, 5) is 11.6. The number of rotatable bonds is 5. The predicted octanol–water partition coefficient (Wildman–Crippen LogP) is 2.76. The van der Waals surface area contributed by atoms with Crippen molar-refractivity contribution in [2.45, 2.75) is 6.42 Å². The first-order valence-corrected chi connectivity index (χ1v) is 5.62. The maximum Gasteiger partial charge on any atom is 0.251 e. The summed E-state index contributed by atoms with van der Waals surface area (Å²) in [6, 6.07) is 4.75. The van der Waals surface area contributed by atoms with E-state index in [2.05, 4.69) is 5.32 Å². The smallest absolute Gasteiger partial charge is 0.251 e. The van der Waals surface area contributed by atoms with Crippen molar-refractivity contribution in [2.75, 3.05) is 20.3 Å². The predicted molar refractivity (Wildman–Crippen MR) is 65.3 cm³/mol. The summed E-state index contributed by atoms with van der Waals surface area (Å²) in [5.41, 5.74) is 0.468. The third kappa shape index (κ3) is 4.39. The minimum Gasteiger partial charge on any atom is -0.385 e. The number of hydrogen-bond donors (Lipinski definition) is 1. The molecule has 0 saturated heterocycles. The molecule has 5 heteroatoms. The van der Waals surface area contributed by atoms with Gasteiger partial charge in [-0.15, -0.1) is 0 Å². The molecule has 0 aliphatic heterocycles. The Hall–Kier alpha value is -0.770. The lowest BCUT2D eigenvalue weighted by atomic mass is 10.2. The molecule has 0 radical (unpaired) electrons. The molecule has 0 bridgehead atoms. The summed E-state index contributed by atoms with van der Waals surface area (Å²) in [6.45, 7) is 1.19. The first-order valence-electron chi connectivity index (χ1n) is 4.86. The van der Waals surface area contributed by atoms with Crippen molar-refractivity contribution in [3.8, 4) is 0 Å². The maximum absolute atomic E-state index is 11.6. The molecule has 3 nitrogen and oxygen atoms in total. The van der Waals surface area contributed by atoms with E-state index in [-0.39, 0.29) is 5.91 Å². The molecule has 88 valence electrons. The number of carbonyl (C=O) groups is 1. The lowest BCUT2D eigenvalue weighted by molar-refractivity contribution is 0.0948. The second-order valence-electron chi connectivity index (χ2n) is 3.26. The molecule has 16 heavy (non-hydrogen) atoms. The summed E-state index contributed by atoms with van der Waals surface area (Å²) in [6.07, 6.45) is 0.774. The van der Waals surface area contributed by atoms with Gasteiger partial charge in [0.25, 0.3) is 5.91 Å². The molecule has 1 aromatic carbocycles. The fourth-order valence-corrected chi connectivity index (χ4v) is 1.73. The second kappa shape index (κ2) is 6.74. The van der Waals surface area contributed by atoms with Crippen molar-refractivity contribution >= 4 is 29.1 Å². The Morgan fingerprint density at radius 3 is 2.50 bits per heavy atom. The van der Waals surface area contributed by atoms with E-state index in [4.69, 9.17) is 27.9 Å². The average molecular weight is 262 g/mol. The number of nitrogens with one attached hydrogen (secondary N) is 1. The largest absolute Gasteiger partial charge is 0.385 e. The van der Waals surface area contributed by atoms with Crippen LogP contribution in [0.4, 0.5) is 0 Å². The molecule has 1 aromatic rings. The Labute approximate surface area is 105 Å². The maximum atomic E-state index is 11.6. The van der Waals surface area contributed by atoms with Crippen LogP contribution in [0, 0.1) is 0 Å².